The van der Waals surface area contributed by atoms with Crippen LogP contribution in [-0.4, -0.2) is 47.0 Å². The zero-order chi connectivity index (χ0) is 9.14. The molecule has 0 radical (unpaired) electrons. The second-order valence-electron chi connectivity index (χ2n) is 2.88. The predicted molar refractivity (Wildman–Crippen MR) is 48.2 cm³/mol. The van der Waals surface area contributed by atoms with Gasteiger partial charge in [-0.25, -0.2) is 0 Å². The molecule has 0 aromatic carbocycles. The molecule has 1 aliphatic heterocycles. The Hall–Kier alpha value is 0.200. The van der Waals surface area contributed by atoms with Crippen molar-refractivity contribution in [3.8, 4) is 0 Å². The molecule has 1 heterocycles. The van der Waals surface area contributed by atoms with Gasteiger partial charge in [-0.2, -0.15) is 0 Å². The van der Waals surface area contributed by atoms with Gasteiger partial charge < -0.3 is 10.2 Å². The molecule has 2 N–H and O–H groups in total. The lowest BCUT2D eigenvalue weighted by molar-refractivity contribution is 0.0572. The van der Waals surface area contributed by atoms with Crippen LogP contribution in [0.15, 0.2) is 10.6 Å². The van der Waals surface area contributed by atoms with Gasteiger partial charge >= 0.3 is 0 Å². The van der Waals surface area contributed by atoms with Crippen LogP contribution in [0.4, 0.5) is 0 Å². The minimum atomic E-state index is -0.662. The largest absolute Gasteiger partial charge is 0.389 e. The lowest BCUT2D eigenvalue weighted by Gasteiger charge is -2.12. The third-order valence-electron chi connectivity index (χ3n) is 1.83. The Kier molecular flexibility index (Phi) is 3.80. The summed E-state index contributed by atoms with van der Waals surface area (Å²) in [6.07, 6.45) is -1.32. The zero-order valence-electron chi connectivity index (χ0n) is 6.45. The van der Waals surface area contributed by atoms with Crippen molar-refractivity contribution in [2.24, 2.45) is 0 Å². The molecule has 2 atom stereocenters. The van der Waals surface area contributed by atoms with E-state index in [4.69, 9.17) is 33.4 Å². The summed E-state index contributed by atoms with van der Waals surface area (Å²) in [6, 6.07) is 0. The summed E-state index contributed by atoms with van der Waals surface area (Å²) < 4.78 is 0. The van der Waals surface area contributed by atoms with E-state index in [2.05, 4.69) is 0 Å². The summed E-state index contributed by atoms with van der Waals surface area (Å²) in [7, 11) is 0. The molecule has 0 bridgehead atoms. The maximum atomic E-state index is 9.17. The van der Waals surface area contributed by atoms with Gasteiger partial charge in [-0.3, -0.25) is 4.90 Å². The monoisotopic (exact) mass is 211 g/mol. The third-order valence-corrected chi connectivity index (χ3v) is 2.43. The highest BCUT2D eigenvalue weighted by molar-refractivity contribution is 6.36. The van der Waals surface area contributed by atoms with E-state index in [1.165, 1.54) is 5.54 Å². The molecule has 0 amide bonds. The van der Waals surface area contributed by atoms with Crippen LogP contribution >= 0.6 is 23.2 Å². The molecule has 1 saturated heterocycles. The van der Waals surface area contributed by atoms with Crippen molar-refractivity contribution >= 4 is 23.2 Å². The smallest absolute Gasteiger partial charge is 0.0938 e. The number of nitrogens with zero attached hydrogens (tertiary/aromatic N) is 1. The fourth-order valence-electron chi connectivity index (χ4n) is 1.22. The standard InChI is InChI=1S/C7H11Cl2NO2/c8-1-5(9)2-10-3-6(11)7(12)4-10/h1,6-7,11-12H,2-4H2. The molecule has 5 heteroatoms. The molecule has 3 nitrogen and oxygen atoms in total. The lowest BCUT2D eigenvalue weighted by atomic mass is 10.3. The summed E-state index contributed by atoms with van der Waals surface area (Å²) in [4.78, 5) is 1.84. The number of aliphatic hydroxyl groups is 2. The van der Waals surface area contributed by atoms with Gasteiger partial charge in [0.05, 0.1) is 12.2 Å². The second-order valence-corrected chi connectivity index (χ2v) is 3.59. The van der Waals surface area contributed by atoms with Crippen LogP contribution in [0.2, 0.25) is 0 Å². The summed E-state index contributed by atoms with van der Waals surface area (Å²) in [5, 5.41) is 18.8. The van der Waals surface area contributed by atoms with Crippen LogP contribution < -0.4 is 0 Å². The SMILES string of the molecule is OC1CN(CC(Cl)=CCl)CC1O. The summed E-state index contributed by atoms with van der Waals surface area (Å²) in [5.41, 5.74) is 1.29. The predicted octanol–water partition coefficient (Wildman–Crippen LogP) is 0.343. The maximum absolute atomic E-state index is 9.17. The maximum Gasteiger partial charge on any atom is 0.0938 e. The van der Waals surface area contributed by atoms with Gasteiger partial charge in [0.15, 0.2) is 0 Å². The fraction of sp³-hybridized carbons (Fsp3) is 0.714. The Bertz CT molecular complexity index is 176. The Balaban J connectivity index is 2.37. The molecule has 0 spiro atoms. The second kappa shape index (κ2) is 4.44. The fourth-order valence-corrected chi connectivity index (χ4v) is 1.46. The van der Waals surface area contributed by atoms with E-state index in [0.717, 1.165) is 0 Å². The van der Waals surface area contributed by atoms with Gasteiger partial charge in [-0.15, -0.1) is 0 Å². The normalized spacial score (nSPS) is 32.8. The highest BCUT2D eigenvalue weighted by atomic mass is 35.5. The van der Waals surface area contributed by atoms with Crippen LogP contribution in [-0.2, 0) is 0 Å². The van der Waals surface area contributed by atoms with E-state index < -0.39 is 12.2 Å². The van der Waals surface area contributed by atoms with Gasteiger partial charge in [-0.05, 0) is 0 Å². The summed E-state index contributed by atoms with van der Waals surface area (Å²) in [6.45, 7) is 1.38. The van der Waals surface area contributed by atoms with Crippen molar-refractivity contribution in [1.29, 1.82) is 0 Å². The Morgan fingerprint density at radius 2 is 1.92 bits per heavy atom. The molecule has 1 rings (SSSR count). The summed E-state index contributed by atoms with van der Waals surface area (Å²) in [5.74, 6) is 0. The molecule has 0 aromatic heterocycles. The minimum absolute atomic E-state index is 0.447. The highest BCUT2D eigenvalue weighted by Crippen LogP contribution is 2.13. The number of likely N-dealkylation sites (tertiary alicyclic amines) is 1. The molecule has 1 fully saturated rings. The van der Waals surface area contributed by atoms with Gasteiger partial charge in [-0.1, -0.05) is 23.2 Å². The topological polar surface area (TPSA) is 43.7 Å². The number of rotatable bonds is 2. The molecular weight excluding hydrogens is 201 g/mol. The highest BCUT2D eigenvalue weighted by Gasteiger charge is 2.29. The molecule has 2 unspecified atom stereocenters. The van der Waals surface area contributed by atoms with E-state index in [1.807, 2.05) is 4.90 Å². The Morgan fingerprint density at radius 1 is 1.42 bits per heavy atom. The molecule has 1 aliphatic rings. The van der Waals surface area contributed by atoms with Crippen LogP contribution in [0.1, 0.15) is 0 Å². The van der Waals surface area contributed by atoms with Crippen molar-refractivity contribution in [3.63, 3.8) is 0 Å². The first-order valence-corrected chi connectivity index (χ1v) is 4.48. The van der Waals surface area contributed by atoms with E-state index in [9.17, 15) is 0 Å². The molecule has 70 valence electrons. The first-order chi connectivity index (χ1) is 5.63. The van der Waals surface area contributed by atoms with E-state index in [-0.39, 0.29) is 0 Å². The Morgan fingerprint density at radius 3 is 2.33 bits per heavy atom. The molecule has 12 heavy (non-hydrogen) atoms. The number of aliphatic hydroxyl groups excluding tert-OH is 2. The van der Waals surface area contributed by atoms with Crippen molar-refractivity contribution in [3.05, 3.63) is 10.6 Å². The minimum Gasteiger partial charge on any atom is -0.389 e. The van der Waals surface area contributed by atoms with Crippen LogP contribution in [0, 0.1) is 0 Å². The quantitative estimate of drug-likeness (QED) is 0.693. The lowest BCUT2D eigenvalue weighted by Crippen LogP contribution is -2.23. The molecule has 0 saturated carbocycles. The van der Waals surface area contributed by atoms with Gasteiger partial charge in [0, 0.05) is 30.2 Å². The average Bonchev–Trinajstić information content (AvgIpc) is 2.31. The van der Waals surface area contributed by atoms with Crippen molar-refractivity contribution in [2.75, 3.05) is 19.6 Å². The van der Waals surface area contributed by atoms with E-state index in [0.29, 0.717) is 24.7 Å². The van der Waals surface area contributed by atoms with Crippen LogP contribution in [0.3, 0.4) is 0 Å². The molecule has 0 aromatic rings. The number of hydrogen-bond donors (Lipinski definition) is 2. The van der Waals surface area contributed by atoms with Crippen molar-refractivity contribution in [2.45, 2.75) is 12.2 Å². The van der Waals surface area contributed by atoms with Gasteiger partial charge in [0.25, 0.3) is 0 Å². The number of hydrogen-bond acceptors (Lipinski definition) is 3. The van der Waals surface area contributed by atoms with Gasteiger partial charge in [0.1, 0.15) is 0 Å². The third kappa shape index (κ3) is 2.61. The Labute approximate surface area is 81.2 Å². The van der Waals surface area contributed by atoms with Crippen LogP contribution in [0.5, 0.6) is 0 Å². The summed E-state index contributed by atoms with van der Waals surface area (Å²) >= 11 is 11.0. The van der Waals surface area contributed by atoms with Crippen molar-refractivity contribution < 1.29 is 10.2 Å². The van der Waals surface area contributed by atoms with E-state index >= 15 is 0 Å². The van der Waals surface area contributed by atoms with Crippen LogP contribution in [0.25, 0.3) is 0 Å². The average molecular weight is 212 g/mol. The van der Waals surface area contributed by atoms with Gasteiger partial charge in [0.2, 0.25) is 0 Å². The molecular formula is C7H11Cl2NO2. The zero-order valence-corrected chi connectivity index (χ0v) is 7.96. The number of β-amino-alcohol motifs (C(OH)–C–C–N with tert-alkyl or cyclic N) is 2. The number of halogens is 2. The van der Waals surface area contributed by atoms with Crippen molar-refractivity contribution in [1.82, 2.24) is 4.90 Å². The first kappa shape index (κ1) is 10.3. The van der Waals surface area contributed by atoms with E-state index in [1.54, 1.807) is 0 Å². The first-order valence-electron chi connectivity index (χ1n) is 3.66. The molecule has 0 aliphatic carbocycles.